The molecule has 2 aromatic heterocycles. The summed E-state index contributed by atoms with van der Waals surface area (Å²) in [6.07, 6.45) is 3.18. The molecule has 1 aromatic carbocycles. The van der Waals surface area contributed by atoms with Crippen LogP contribution in [-0.4, -0.2) is 15.2 Å². The zero-order valence-corrected chi connectivity index (χ0v) is 12.6. The third-order valence-electron chi connectivity index (χ3n) is 3.02. The van der Waals surface area contributed by atoms with Crippen LogP contribution in [0.3, 0.4) is 0 Å². The maximum atomic E-state index is 6.01. The molecule has 0 atom stereocenters. The van der Waals surface area contributed by atoms with Gasteiger partial charge in [0.25, 0.3) is 0 Å². The van der Waals surface area contributed by atoms with Crippen molar-refractivity contribution in [2.24, 2.45) is 0 Å². The molecule has 3 rings (SSSR count). The summed E-state index contributed by atoms with van der Waals surface area (Å²) < 4.78 is 5.24. The molecule has 0 saturated heterocycles. The third-order valence-corrected chi connectivity index (χ3v) is 3.26. The molecule has 0 aliphatic heterocycles. The molecule has 3 aromatic rings. The van der Waals surface area contributed by atoms with Crippen molar-refractivity contribution in [3.63, 3.8) is 0 Å². The first kappa shape index (κ1) is 14.3. The van der Waals surface area contributed by atoms with Crippen molar-refractivity contribution in [3.05, 3.63) is 59.1 Å². The first-order chi connectivity index (χ1) is 10.7. The second kappa shape index (κ2) is 6.44. The third kappa shape index (κ3) is 3.53. The highest BCUT2D eigenvalue weighted by atomic mass is 35.5. The quantitative estimate of drug-likeness (QED) is 0.746. The van der Waals surface area contributed by atoms with E-state index in [-0.39, 0.29) is 0 Å². The predicted molar refractivity (Wildman–Crippen MR) is 85.3 cm³/mol. The normalized spacial score (nSPS) is 10.5. The topological polar surface area (TPSA) is 75.9 Å². The summed E-state index contributed by atoms with van der Waals surface area (Å²) in [6.45, 7) is 2.48. The van der Waals surface area contributed by atoms with Crippen molar-refractivity contribution in [2.75, 3.05) is 10.6 Å². The summed E-state index contributed by atoms with van der Waals surface area (Å²) >= 11 is 6.01. The first-order valence-electron chi connectivity index (χ1n) is 6.70. The minimum Gasteiger partial charge on any atom is -0.467 e. The summed E-state index contributed by atoms with van der Waals surface area (Å²) in [4.78, 5) is 4.36. The number of anilines is 3. The fourth-order valence-corrected chi connectivity index (χ4v) is 2.06. The van der Waals surface area contributed by atoms with E-state index in [1.54, 1.807) is 12.5 Å². The van der Waals surface area contributed by atoms with E-state index in [1.807, 2.05) is 37.3 Å². The Balaban J connectivity index is 1.72. The fourth-order valence-electron chi connectivity index (χ4n) is 1.88. The van der Waals surface area contributed by atoms with Crippen molar-refractivity contribution in [3.8, 4) is 0 Å². The van der Waals surface area contributed by atoms with Gasteiger partial charge in [0.2, 0.25) is 5.95 Å². The van der Waals surface area contributed by atoms with E-state index in [1.165, 1.54) is 0 Å². The molecule has 2 N–H and O–H groups in total. The number of furan rings is 1. The van der Waals surface area contributed by atoms with Gasteiger partial charge in [-0.2, -0.15) is 10.1 Å². The second-order valence-corrected chi connectivity index (χ2v) is 5.12. The molecular formula is C15H14ClN5O. The van der Waals surface area contributed by atoms with E-state index < -0.39 is 0 Å². The van der Waals surface area contributed by atoms with Crippen LogP contribution >= 0.6 is 11.6 Å². The first-order valence-corrected chi connectivity index (χ1v) is 7.07. The molecule has 2 heterocycles. The molecule has 22 heavy (non-hydrogen) atoms. The Kier molecular flexibility index (Phi) is 4.20. The molecule has 0 spiro atoms. The molecule has 0 aliphatic carbocycles. The van der Waals surface area contributed by atoms with Crippen LogP contribution in [0.25, 0.3) is 0 Å². The summed E-state index contributed by atoms with van der Waals surface area (Å²) in [7, 11) is 0. The van der Waals surface area contributed by atoms with Crippen molar-refractivity contribution in [1.29, 1.82) is 0 Å². The SMILES string of the molecule is Cc1ccc(Cl)cc1Nc1cnnc(NCc2ccco2)n1. The van der Waals surface area contributed by atoms with Crippen LogP contribution in [-0.2, 0) is 6.54 Å². The Labute approximate surface area is 132 Å². The Morgan fingerprint density at radius 1 is 1.27 bits per heavy atom. The van der Waals surface area contributed by atoms with E-state index >= 15 is 0 Å². The number of hydrogen-bond acceptors (Lipinski definition) is 6. The lowest BCUT2D eigenvalue weighted by Crippen LogP contribution is -2.06. The number of hydrogen-bond donors (Lipinski definition) is 2. The van der Waals surface area contributed by atoms with Gasteiger partial charge in [0.15, 0.2) is 5.82 Å². The number of halogens is 1. The van der Waals surface area contributed by atoms with Crippen LogP contribution in [0.5, 0.6) is 0 Å². The monoisotopic (exact) mass is 315 g/mol. The molecule has 0 amide bonds. The number of nitrogens with zero attached hydrogens (tertiary/aromatic N) is 3. The number of nitrogens with one attached hydrogen (secondary N) is 2. The van der Waals surface area contributed by atoms with Gasteiger partial charge in [-0.1, -0.05) is 17.7 Å². The number of rotatable bonds is 5. The van der Waals surface area contributed by atoms with Gasteiger partial charge in [0, 0.05) is 10.7 Å². The predicted octanol–water partition coefficient (Wildman–Crippen LogP) is 3.78. The second-order valence-electron chi connectivity index (χ2n) is 4.68. The lowest BCUT2D eigenvalue weighted by atomic mass is 10.2. The number of aromatic nitrogens is 3. The zero-order chi connectivity index (χ0) is 15.4. The van der Waals surface area contributed by atoms with Crippen LogP contribution in [0.2, 0.25) is 5.02 Å². The van der Waals surface area contributed by atoms with E-state index in [9.17, 15) is 0 Å². The Morgan fingerprint density at radius 3 is 3.00 bits per heavy atom. The number of aryl methyl sites for hydroxylation is 1. The minimum absolute atomic E-state index is 0.418. The highest BCUT2D eigenvalue weighted by Gasteiger charge is 2.04. The van der Waals surface area contributed by atoms with Gasteiger partial charge in [-0.15, -0.1) is 5.10 Å². The van der Waals surface area contributed by atoms with E-state index in [2.05, 4.69) is 25.8 Å². The van der Waals surface area contributed by atoms with Crippen LogP contribution in [0.15, 0.2) is 47.2 Å². The van der Waals surface area contributed by atoms with E-state index in [0.717, 1.165) is 17.0 Å². The summed E-state index contributed by atoms with van der Waals surface area (Å²) in [5.41, 5.74) is 1.94. The van der Waals surface area contributed by atoms with Gasteiger partial charge in [0.1, 0.15) is 5.76 Å². The Bertz CT molecular complexity index is 760. The summed E-state index contributed by atoms with van der Waals surface area (Å²) in [5.74, 6) is 1.80. The van der Waals surface area contributed by atoms with E-state index in [0.29, 0.717) is 23.3 Å². The van der Waals surface area contributed by atoms with E-state index in [4.69, 9.17) is 16.0 Å². The molecule has 0 saturated carbocycles. The smallest absolute Gasteiger partial charge is 0.245 e. The molecule has 112 valence electrons. The van der Waals surface area contributed by atoms with Crippen LogP contribution in [0.1, 0.15) is 11.3 Å². The van der Waals surface area contributed by atoms with Gasteiger partial charge >= 0.3 is 0 Å². The molecule has 0 radical (unpaired) electrons. The molecule has 0 aliphatic rings. The summed E-state index contributed by atoms with van der Waals surface area (Å²) in [5, 5.41) is 14.8. The standard InChI is InChI=1S/C15H14ClN5O/c1-10-4-5-11(16)7-13(10)19-14-9-18-21-15(20-14)17-8-12-3-2-6-22-12/h2-7,9H,8H2,1H3,(H2,17,19,20,21). The van der Waals surface area contributed by atoms with Crippen LogP contribution in [0.4, 0.5) is 17.5 Å². The van der Waals surface area contributed by atoms with Crippen LogP contribution in [0, 0.1) is 6.92 Å². The lowest BCUT2D eigenvalue weighted by Gasteiger charge is -2.09. The van der Waals surface area contributed by atoms with Gasteiger partial charge in [-0.25, -0.2) is 0 Å². The van der Waals surface area contributed by atoms with Crippen LogP contribution < -0.4 is 10.6 Å². The molecule has 6 nitrogen and oxygen atoms in total. The maximum Gasteiger partial charge on any atom is 0.245 e. The minimum atomic E-state index is 0.418. The lowest BCUT2D eigenvalue weighted by molar-refractivity contribution is 0.517. The summed E-state index contributed by atoms with van der Waals surface area (Å²) in [6, 6.07) is 9.33. The molecule has 0 bridgehead atoms. The maximum absolute atomic E-state index is 6.01. The largest absolute Gasteiger partial charge is 0.467 e. The molecular weight excluding hydrogens is 302 g/mol. The van der Waals surface area contributed by atoms with Crippen molar-refractivity contribution < 1.29 is 4.42 Å². The Hall–Kier alpha value is -2.60. The molecule has 0 fully saturated rings. The van der Waals surface area contributed by atoms with Gasteiger partial charge < -0.3 is 15.1 Å². The molecule has 7 heteroatoms. The Morgan fingerprint density at radius 2 is 2.18 bits per heavy atom. The number of benzene rings is 1. The van der Waals surface area contributed by atoms with Gasteiger partial charge in [-0.05, 0) is 36.8 Å². The highest BCUT2D eigenvalue weighted by Crippen LogP contribution is 2.23. The van der Waals surface area contributed by atoms with Crippen molar-refractivity contribution in [1.82, 2.24) is 15.2 Å². The highest BCUT2D eigenvalue weighted by molar-refractivity contribution is 6.30. The van der Waals surface area contributed by atoms with Gasteiger partial charge in [0.05, 0.1) is 19.0 Å². The fraction of sp³-hybridized carbons (Fsp3) is 0.133. The van der Waals surface area contributed by atoms with Crippen molar-refractivity contribution >= 4 is 29.1 Å². The average Bonchev–Trinajstić information content (AvgIpc) is 3.03. The average molecular weight is 316 g/mol. The molecule has 0 unspecified atom stereocenters. The zero-order valence-electron chi connectivity index (χ0n) is 11.9. The van der Waals surface area contributed by atoms with Gasteiger partial charge in [-0.3, -0.25) is 0 Å². The van der Waals surface area contributed by atoms with Crippen molar-refractivity contribution in [2.45, 2.75) is 13.5 Å².